The van der Waals surface area contributed by atoms with E-state index >= 15 is 4.39 Å². The van der Waals surface area contributed by atoms with Crippen LogP contribution in [0.1, 0.15) is 113 Å². The molecule has 0 heterocycles. The molecule has 0 spiro atoms. The predicted octanol–water partition coefficient (Wildman–Crippen LogP) is 10.4. The summed E-state index contributed by atoms with van der Waals surface area (Å²) in [5, 5.41) is 1.66. The second kappa shape index (κ2) is 14.4. The van der Waals surface area contributed by atoms with Crippen LogP contribution in [0.15, 0.2) is 54.6 Å². The first-order chi connectivity index (χ1) is 18.2. The molecule has 1 fully saturated rings. The number of hydrogen-bond donors (Lipinski definition) is 0. The first-order valence-corrected chi connectivity index (χ1v) is 15.0. The number of rotatable bonds is 11. The Hall–Kier alpha value is -2.59. The normalized spacial score (nSPS) is 17.5. The Labute approximate surface area is 225 Å². The van der Waals surface area contributed by atoms with Gasteiger partial charge in [0.25, 0.3) is 0 Å². The fraction of sp³-hybridized carbons (Fsp3) is 0.500. The second-order valence-corrected chi connectivity index (χ2v) is 11.3. The lowest BCUT2D eigenvalue weighted by atomic mass is 9.77. The van der Waals surface area contributed by atoms with Gasteiger partial charge in [-0.15, -0.1) is 0 Å². The van der Waals surface area contributed by atoms with Gasteiger partial charge in [0.05, 0.1) is 0 Å². The maximum Gasteiger partial charge on any atom is 0.134 e. The number of fused-ring (bicyclic) bond motifs is 1. The van der Waals surface area contributed by atoms with Crippen molar-refractivity contribution >= 4 is 10.8 Å². The van der Waals surface area contributed by atoms with Gasteiger partial charge in [-0.25, -0.2) is 4.39 Å². The van der Waals surface area contributed by atoms with Crippen LogP contribution in [0.2, 0.25) is 0 Å². The zero-order chi connectivity index (χ0) is 25.9. The monoisotopic (exact) mass is 496 g/mol. The van der Waals surface area contributed by atoms with Gasteiger partial charge in [-0.2, -0.15) is 0 Å². The lowest BCUT2D eigenvalue weighted by Crippen LogP contribution is -2.15. The van der Waals surface area contributed by atoms with Crippen LogP contribution >= 0.6 is 0 Å². The molecule has 196 valence electrons. The van der Waals surface area contributed by atoms with Crippen LogP contribution in [0.3, 0.4) is 0 Å². The van der Waals surface area contributed by atoms with E-state index in [1.807, 2.05) is 24.3 Å². The van der Waals surface area contributed by atoms with E-state index in [-0.39, 0.29) is 5.82 Å². The maximum atomic E-state index is 15.4. The predicted molar refractivity (Wildman–Crippen MR) is 157 cm³/mol. The zero-order valence-corrected chi connectivity index (χ0v) is 23.1. The molecule has 1 aliphatic carbocycles. The van der Waals surface area contributed by atoms with E-state index < -0.39 is 0 Å². The van der Waals surface area contributed by atoms with Gasteiger partial charge < -0.3 is 0 Å². The summed E-state index contributed by atoms with van der Waals surface area (Å²) in [6.07, 6.45) is 17.9. The second-order valence-electron chi connectivity index (χ2n) is 11.3. The first kappa shape index (κ1) is 27.4. The van der Waals surface area contributed by atoms with E-state index in [0.29, 0.717) is 0 Å². The van der Waals surface area contributed by atoms with Gasteiger partial charge in [-0.05, 0) is 78.3 Å². The van der Waals surface area contributed by atoms with Crippen LogP contribution in [0, 0.1) is 29.5 Å². The Morgan fingerprint density at radius 1 is 0.676 bits per heavy atom. The van der Waals surface area contributed by atoms with Gasteiger partial charge in [0.1, 0.15) is 5.82 Å². The van der Waals surface area contributed by atoms with Crippen LogP contribution in [0.25, 0.3) is 10.8 Å². The zero-order valence-electron chi connectivity index (χ0n) is 23.1. The van der Waals surface area contributed by atoms with Crippen LogP contribution in [-0.2, 0) is 12.8 Å². The Kier molecular flexibility index (Phi) is 10.7. The molecule has 0 atom stereocenters. The fourth-order valence-corrected chi connectivity index (χ4v) is 5.92. The third-order valence-corrected chi connectivity index (χ3v) is 8.41. The van der Waals surface area contributed by atoms with Crippen LogP contribution in [-0.4, -0.2) is 0 Å². The highest BCUT2D eigenvalue weighted by Crippen LogP contribution is 2.35. The lowest BCUT2D eigenvalue weighted by Gasteiger charge is -2.28. The first-order valence-electron chi connectivity index (χ1n) is 15.0. The van der Waals surface area contributed by atoms with Gasteiger partial charge in [-0.1, -0.05) is 120 Å². The lowest BCUT2D eigenvalue weighted by molar-refractivity contribution is 0.248. The van der Waals surface area contributed by atoms with Crippen molar-refractivity contribution in [2.75, 3.05) is 0 Å². The molecular weight excluding hydrogens is 451 g/mol. The van der Waals surface area contributed by atoms with Crippen molar-refractivity contribution in [2.45, 2.75) is 104 Å². The number of hydrogen-bond acceptors (Lipinski definition) is 0. The van der Waals surface area contributed by atoms with E-state index in [1.165, 1.54) is 76.2 Å². The molecule has 4 rings (SSSR count). The number of halogens is 1. The van der Waals surface area contributed by atoms with Crippen molar-refractivity contribution in [2.24, 2.45) is 11.8 Å². The van der Waals surface area contributed by atoms with Crippen molar-refractivity contribution in [3.63, 3.8) is 0 Å². The topological polar surface area (TPSA) is 0 Å². The molecule has 1 aliphatic rings. The van der Waals surface area contributed by atoms with Crippen LogP contribution in [0.5, 0.6) is 0 Å². The quantitative estimate of drug-likeness (QED) is 0.183. The van der Waals surface area contributed by atoms with E-state index in [0.717, 1.165) is 58.6 Å². The molecule has 0 N–H and O–H groups in total. The molecule has 0 bridgehead atoms. The minimum atomic E-state index is -0.0377. The minimum absolute atomic E-state index is 0.0377. The average Bonchev–Trinajstić information content (AvgIpc) is 2.94. The summed E-state index contributed by atoms with van der Waals surface area (Å²) in [7, 11) is 0. The number of unbranched alkanes of at least 4 members (excludes halogenated alkanes) is 4. The standard InChI is InChI=1S/C36H45F/c1-3-5-7-8-10-29-13-17-31(18-14-29)21-23-33-24-25-34-27-32(22-26-35(34)36(33)37)20-19-30-15-11-28(12-16-30)9-6-4-2/h11-12,15-16,22,24-27,29,31H,3-10,13-14,17-18,21,23H2,1-2H3. The van der Waals surface area contributed by atoms with E-state index in [2.05, 4.69) is 56.0 Å². The van der Waals surface area contributed by atoms with Gasteiger partial charge in [0, 0.05) is 16.5 Å². The van der Waals surface area contributed by atoms with Crippen LogP contribution in [0.4, 0.5) is 4.39 Å². The van der Waals surface area contributed by atoms with Gasteiger partial charge in [-0.3, -0.25) is 0 Å². The Bertz CT molecular complexity index is 1170. The van der Waals surface area contributed by atoms with E-state index in [9.17, 15) is 0 Å². The van der Waals surface area contributed by atoms with Crippen molar-refractivity contribution in [3.05, 3.63) is 82.7 Å². The molecule has 3 aromatic rings. The Balaban J connectivity index is 1.31. The summed E-state index contributed by atoms with van der Waals surface area (Å²) >= 11 is 0. The molecule has 1 saturated carbocycles. The highest BCUT2D eigenvalue weighted by Gasteiger charge is 2.21. The fourth-order valence-electron chi connectivity index (χ4n) is 5.92. The molecule has 3 aromatic carbocycles. The molecule has 1 heteroatoms. The summed E-state index contributed by atoms with van der Waals surface area (Å²) < 4.78 is 15.4. The minimum Gasteiger partial charge on any atom is -0.206 e. The highest BCUT2D eigenvalue weighted by molar-refractivity contribution is 5.85. The maximum absolute atomic E-state index is 15.4. The average molecular weight is 497 g/mol. The van der Waals surface area contributed by atoms with Gasteiger partial charge in [0.2, 0.25) is 0 Å². The summed E-state index contributed by atoms with van der Waals surface area (Å²) in [4.78, 5) is 0. The number of benzene rings is 3. The molecule has 0 unspecified atom stereocenters. The molecule has 0 amide bonds. The molecule has 0 nitrogen and oxygen atoms in total. The van der Waals surface area contributed by atoms with Gasteiger partial charge in [0.15, 0.2) is 0 Å². The molecule has 0 radical (unpaired) electrons. The number of aryl methyl sites for hydroxylation is 2. The molecule has 0 aromatic heterocycles. The van der Waals surface area contributed by atoms with Gasteiger partial charge >= 0.3 is 0 Å². The van der Waals surface area contributed by atoms with Crippen LogP contribution < -0.4 is 0 Å². The highest BCUT2D eigenvalue weighted by atomic mass is 19.1. The van der Waals surface area contributed by atoms with Crippen molar-refractivity contribution in [3.8, 4) is 11.8 Å². The third-order valence-electron chi connectivity index (χ3n) is 8.41. The summed E-state index contributed by atoms with van der Waals surface area (Å²) in [5.41, 5.74) is 4.19. The van der Waals surface area contributed by atoms with Crippen molar-refractivity contribution in [1.29, 1.82) is 0 Å². The molecular formula is C36H45F. The largest absolute Gasteiger partial charge is 0.206 e. The smallest absolute Gasteiger partial charge is 0.134 e. The van der Waals surface area contributed by atoms with Crippen molar-refractivity contribution < 1.29 is 4.39 Å². The molecule has 0 saturated heterocycles. The Morgan fingerprint density at radius 3 is 2.08 bits per heavy atom. The summed E-state index contributed by atoms with van der Waals surface area (Å²) in [5.74, 6) is 8.20. The van der Waals surface area contributed by atoms with Crippen molar-refractivity contribution in [1.82, 2.24) is 0 Å². The molecule has 0 aliphatic heterocycles. The third kappa shape index (κ3) is 8.20. The Morgan fingerprint density at radius 2 is 1.35 bits per heavy atom. The molecule has 37 heavy (non-hydrogen) atoms. The van der Waals surface area contributed by atoms with E-state index in [1.54, 1.807) is 0 Å². The summed E-state index contributed by atoms with van der Waals surface area (Å²) in [6, 6.07) is 18.5. The SMILES string of the molecule is CCCCCCC1CCC(CCc2ccc3cc(C#Cc4ccc(CCCC)cc4)ccc3c2F)CC1. The summed E-state index contributed by atoms with van der Waals surface area (Å²) in [6.45, 7) is 4.50. The van der Waals surface area contributed by atoms with E-state index in [4.69, 9.17) is 0 Å².